The first-order valence-electron chi connectivity index (χ1n) is 10.3. The Hall–Kier alpha value is -1.80. The molecule has 1 N–H and O–H groups in total. The van der Waals surface area contributed by atoms with Crippen LogP contribution < -0.4 is 5.32 Å². The molecule has 2 saturated carbocycles. The summed E-state index contributed by atoms with van der Waals surface area (Å²) >= 11 is 0. The largest absolute Gasteiger partial charge is 0.344 e. The number of anilines is 1. The summed E-state index contributed by atoms with van der Waals surface area (Å²) in [6.07, 6.45) is 10.9. The van der Waals surface area contributed by atoms with Gasteiger partial charge in [-0.3, -0.25) is 0 Å². The summed E-state index contributed by atoms with van der Waals surface area (Å²) in [5.41, 5.74) is 5.12. The van der Waals surface area contributed by atoms with E-state index in [0.717, 1.165) is 29.0 Å². The molecule has 4 rings (SSSR count). The lowest BCUT2D eigenvalue weighted by Crippen LogP contribution is -2.06. The molecule has 0 aromatic heterocycles. The van der Waals surface area contributed by atoms with Gasteiger partial charge in [0.1, 0.15) is 5.84 Å². The number of amidine groups is 1. The Labute approximate surface area is 169 Å². The highest BCUT2D eigenvalue weighted by Crippen LogP contribution is 2.35. The molecule has 2 aliphatic rings. The Kier molecular flexibility index (Phi) is 6.95. The van der Waals surface area contributed by atoms with E-state index in [9.17, 15) is 0 Å². The molecule has 0 spiro atoms. The highest BCUT2D eigenvalue weighted by Gasteiger charge is 2.17. The second-order valence-electron chi connectivity index (χ2n) is 8.00. The van der Waals surface area contributed by atoms with E-state index in [1.165, 1.54) is 62.5 Å². The molecule has 144 valence electrons. The molecule has 0 atom stereocenters. The molecule has 0 aliphatic heterocycles. The van der Waals surface area contributed by atoms with Crippen LogP contribution in [0.5, 0.6) is 0 Å². The number of hydrogen-bond donors (Lipinski definition) is 1. The standard InChI is InChI=1S/C24H30N2.ClH/c1-18(25-23-14-10-21(11-15-23)19-6-2-3-7-19)26-24-16-12-22(13-17-24)20-8-4-5-9-20;/h10-17,19-20H,2-9H2,1H3,(H,25,26);1H. The molecule has 0 saturated heterocycles. The summed E-state index contributed by atoms with van der Waals surface area (Å²) in [7, 11) is 0. The lowest BCUT2D eigenvalue weighted by molar-refractivity contribution is 0.723. The molecule has 27 heavy (non-hydrogen) atoms. The summed E-state index contributed by atoms with van der Waals surface area (Å²) in [6, 6.07) is 17.8. The van der Waals surface area contributed by atoms with Gasteiger partial charge >= 0.3 is 0 Å². The number of aliphatic imine (C=N–C) groups is 1. The minimum Gasteiger partial charge on any atom is -0.344 e. The van der Waals surface area contributed by atoms with Crippen LogP contribution in [0.4, 0.5) is 11.4 Å². The van der Waals surface area contributed by atoms with Gasteiger partial charge in [0.2, 0.25) is 0 Å². The molecule has 0 amide bonds. The zero-order valence-electron chi connectivity index (χ0n) is 16.3. The Bertz CT molecular complexity index is 737. The highest BCUT2D eigenvalue weighted by atomic mass is 35.5. The van der Waals surface area contributed by atoms with Crippen molar-refractivity contribution in [3.63, 3.8) is 0 Å². The summed E-state index contributed by atoms with van der Waals surface area (Å²) < 4.78 is 0. The summed E-state index contributed by atoms with van der Waals surface area (Å²) in [6.45, 7) is 2.04. The summed E-state index contributed by atoms with van der Waals surface area (Å²) in [5, 5.41) is 3.43. The molecule has 2 nitrogen and oxygen atoms in total. The molecular formula is C24H31ClN2. The van der Waals surface area contributed by atoms with Gasteiger partial charge in [0.25, 0.3) is 0 Å². The Morgan fingerprint density at radius 3 is 1.67 bits per heavy atom. The fourth-order valence-corrected chi connectivity index (χ4v) is 4.61. The fourth-order valence-electron chi connectivity index (χ4n) is 4.61. The summed E-state index contributed by atoms with van der Waals surface area (Å²) in [4.78, 5) is 4.73. The quantitative estimate of drug-likeness (QED) is 0.427. The molecule has 2 aromatic rings. The molecule has 0 radical (unpaired) electrons. The SMILES string of the molecule is CC(=Nc1ccc(C2CCCC2)cc1)Nc1ccc(C2CCCC2)cc1.Cl. The molecule has 0 bridgehead atoms. The van der Waals surface area contributed by atoms with Crippen LogP contribution in [0, 0.1) is 0 Å². The van der Waals surface area contributed by atoms with Gasteiger partial charge in [-0.2, -0.15) is 0 Å². The van der Waals surface area contributed by atoms with Crippen molar-refractivity contribution in [1.82, 2.24) is 0 Å². The lowest BCUT2D eigenvalue weighted by Gasteiger charge is -2.12. The van der Waals surface area contributed by atoms with Crippen molar-refractivity contribution in [2.24, 2.45) is 4.99 Å². The van der Waals surface area contributed by atoms with Gasteiger partial charge in [-0.25, -0.2) is 4.99 Å². The van der Waals surface area contributed by atoms with E-state index in [4.69, 9.17) is 4.99 Å². The van der Waals surface area contributed by atoms with Crippen LogP contribution in [0.3, 0.4) is 0 Å². The highest BCUT2D eigenvalue weighted by molar-refractivity contribution is 5.95. The molecule has 2 aliphatic carbocycles. The van der Waals surface area contributed by atoms with Gasteiger partial charge in [-0.15, -0.1) is 12.4 Å². The Balaban J connectivity index is 0.00000210. The third-order valence-corrected chi connectivity index (χ3v) is 6.08. The first kappa shape index (κ1) is 19.9. The van der Waals surface area contributed by atoms with Crippen LogP contribution in [0.2, 0.25) is 0 Å². The van der Waals surface area contributed by atoms with E-state index >= 15 is 0 Å². The van der Waals surface area contributed by atoms with E-state index in [2.05, 4.69) is 53.8 Å². The van der Waals surface area contributed by atoms with Crippen molar-refractivity contribution in [3.8, 4) is 0 Å². The fraction of sp³-hybridized carbons (Fsp3) is 0.458. The zero-order valence-corrected chi connectivity index (χ0v) is 17.1. The van der Waals surface area contributed by atoms with Gasteiger partial charge in [-0.05, 0) is 79.8 Å². The molecule has 0 unspecified atom stereocenters. The van der Waals surface area contributed by atoms with Gasteiger partial charge in [0.05, 0.1) is 5.69 Å². The van der Waals surface area contributed by atoms with E-state index in [1.54, 1.807) is 0 Å². The first-order chi connectivity index (χ1) is 12.8. The number of nitrogens with zero attached hydrogens (tertiary/aromatic N) is 1. The Morgan fingerprint density at radius 2 is 1.19 bits per heavy atom. The maximum Gasteiger partial charge on any atom is 0.103 e. The predicted octanol–water partition coefficient (Wildman–Crippen LogP) is 7.59. The molecule has 3 heteroatoms. The molecule has 0 heterocycles. The van der Waals surface area contributed by atoms with Crippen molar-refractivity contribution in [2.75, 3.05) is 5.32 Å². The Morgan fingerprint density at radius 1 is 0.741 bits per heavy atom. The predicted molar refractivity (Wildman–Crippen MR) is 119 cm³/mol. The van der Waals surface area contributed by atoms with Crippen LogP contribution in [0.25, 0.3) is 0 Å². The second-order valence-corrected chi connectivity index (χ2v) is 8.00. The third-order valence-electron chi connectivity index (χ3n) is 6.08. The number of rotatable bonds is 4. The number of halogens is 1. The van der Waals surface area contributed by atoms with Crippen LogP contribution in [0.1, 0.15) is 81.3 Å². The van der Waals surface area contributed by atoms with E-state index in [0.29, 0.717) is 0 Å². The average molecular weight is 383 g/mol. The summed E-state index contributed by atoms with van der Waals surface area (Å²) in [5.74, 6) is 2.48. The van der Waals surface area contributed by atoms with Crippen LogP contribution in [0.15, 0.2) is 53.5 Å². The van der Waals surface area contributed by atoms with E-state index in [1.807, 2.05) is 6.92 Å². The van der Waals surface area contributed by atoms with Crippen LogP contribution in [-0.4, -0.2) is 5.84 Å². The second kappa shape index (κ2) is 9.41. The van der Waals surface area contributed by atoms with Gasteiger partial charge in [0.15, 0.2) is 0 Å². The lowest BCUT2D eigenvalue weighted by atomic mass is 9.97. The van der Waals surface area contributed by atoms with E-state index in [-0.39, 0.29) is 12.4 Å². The van der Waals surface area contributed by atoms with Gasteiger partial charge < -0.3 is 5.32 Å². The average Bonchev–Trinajstić information content (AvgIpc) is 3.37. The number of nitrogens with one attached hydrogen (secondary N) is 1. The monoisotopic (exact) mass is 382 g/mol. The maximum absolute atomic E-state index is 4.73. The number of benzene rings is 2. The molecule has 2 fully saturated rings. The molecular weight excluding hydrogens is 352 g/mol. The topological polar surface area (TPSA) is 24.4 Å². The van der Waals surface area contributed by atoms with Crippen molar-refractivity contribution < 1.29 is 0 Å². The minimum absolute atomic E-state index is 0. The maximum atomic E-state index is 4.73. The third kappa shape index (κ3) is 5.13. The molecule has 2 aromatic carbocycles. The minimum atomic E-state index is 0. The van der Waals surface area contributed by atoms with Gasteiger partial charge in [0, 0.05) is 5.69 Å². The van der Waals surface area contributed by atoms with Crippen molar-refractivity contribution in [2.45, 2.75) is 70.1 Å². The van der Waals surface area contributed by atoms with Crippen LogP contribution in [-0.2, 0) is 0 Å². The van der Waals surface area contributed by atoms with Crippen molar-refractivity contribution >= 4 is 29.6 Å². The van der Waals surface area contributed by atoms with E-state index < -0.39 is 0 Å². The van der Waals surface area contributed by atoms with Crippen LogP contribution >= 0.6 is 12.4 Å². The smallest absolute Gasteiger partial charge is 0.103 e. The number of hydrogen-bond acceptors (Lipinski definition) is 1. The van der Waals surface area contributed by atoms with Gasteiger partial charge in [-0.1, -0.05) is 49.9 Å². The first-order valence-corrected chi connectivity index (χ1v) is 10.3. The zero-order chi connectivity index (χ0) is 17.8. The van der Waals surface area contributed by atoms with Crippen molar-refractivity contribution in [1.29, 1.82) is 0 Å². The van der Waals surface area contributed by atoms with Crippen molar-refractivity contribution in [3.05, 3.63) is 59.7 Å². The normalized spacial score (nSPS) is 18.5.